The molecule has 1 aromatic heterocycles. The summed E-state index contributed by atoms with van der Waals surface area (Å²) in [4.78, 5) is 17.4. The number of nitriles is 1. The predicted molar refractivity (Wildman–Crippen MR) is 257 cm³/mol. The molecule has 5 heteroatoms. The normalized spacial score (nSPS) is 12.8. The largest absolute Gasteiger partial charge is 0.310 e. The molecule has 0 radical (unpaired) electrons. The molecule has 0 N–H and O–H groups in total. The van der Waals surface area contributed by atoms with Crippen molar-refractivity contribution in [1.82, 2.24) is 15.0 Å². The highest BCUT2D eigenvalue weighted by atomic mass is 15.2. The topological polar surface area (TPSA) is 65.7 Å². The van der Waals surface area contributed by atoms with Crippen molar-refractivity contribution in [3.63, 3.8) is 0 Å². The van der Waals surface area contributed by atoms with E-state index >= 15 is 0 Å². The minimum atomic E-state index is -0.641. The first kappa shape index (κ1) is 37.1. The lowest BCUT2D eigenvalue weighted by Gasteiger charge is -2.45. The number of aromatic nitrogens is 3. The Morgan fingerprint density at radius 3 is 1.20 bits per heavy atom. The van der Waals surface area contributed by atoms with Crippen LogP contribution in [0, 0.1) is 11.3 Å². The average Bonchev–Trinajstić information content (AvgIpc) is 3.66. The summed E-state index contributed by atoms with van der Waals surface area (Å²) in [5, 5.41) is 10.7. The Balaban J connectivity index is 1.09. The molecule has 0 unspecified atom stereocenters. The van der Waals surface area contributed by atoms with Crippen molar-refractivity contribution in [3.05, 3.63) is 252 Å². The van der Waals surface area contributed by atoms with Gasteiger partial charge >= 0.3 is 0 Å². The molecular formula is C59H37N5. The number of anilines is 3. The second-order valence-electron chi connectivity index (χ2n) is 16.3. The van der Waals surface area contributed by atoms with Gasteiger partial charge in [-0.05, 0) is 98.1 Å². The summed E-state index contributed by atoms with van der Waals surface area (Å²) < 4.78 is 0. The van der Waals surface area contributed by atoms with Crippen LogP contribution in [0.15, 0.2) is 224 Å². The summed E-state index contributed by atoms with van der Waals surface area (Å²) in [7, 11) is 0. The first-order valence-electron chi connectivity index (χ1n) is 21.5. The van der Waals surface area contributed by atoms with Crippen molar-refractivity contribution in [2.45, 2.75) is 5.41 Å². The molecule has 0 saturated carbocycles. The summed E-state index contributed by atoms with van der Waals surface area (Å²) in [6, 6.07) is 81.2. The molecule has 298 valence electrons. The third-order valence-electron chi connectivity index (χ3n) is 12.7. The fourth-order valence-corrected chi connectivity index (χ4v) is 9.93. The van der Waals surface area contributed by atoms with Crippen LogP contribution in [0.25, 0.3) is 67.5 Å². The van der Waals surface area contributed by atoms with Gasteiger partial charge < -0.3 is 4.90 Å². The standard InChI is InChI=1S/C59H37N5/c60-38-39-33-46(58-62-56(42-21-9-3-10-22-42)61-57(63-58)43-23-11-4-12-24-43)35-47(34-39)64-54-27-15-13-25-52(54)59(53-26-14-16-28-55(53)64)50-31-29-44(40-17-5-1-6-18-40)36-48(50)49-37-45(30-32-51(49)59)41-19-7-2-8-20-41/h1-37H. The Bertz CT molecular complexity index is 3250. The number of para-hydroxylation sites is 2. The molecule has 2 aliphatic rings. The Morgan fingerprint density at radius 2 is 0.750 bits per heavy atom. The smallest absolute Gasteiger partial charge is 0.164 e. The van der Waals surface area contributed by atoms with Crippen molar-refractivity contribution in [1.29, 1.82) is 5.26 Å². The van der Waals surface area contributed by atoms with E-state index in [9.17, 15) is 5.26 Å². The lowest BCUT2D eigenvalue weighted by atomic mass is 9.64. The van der Waals surface area contributed by atoms with Crippen LogP contribution in [0.2, 0.25) is 0 Å². The van der Waals surface area contributed by atoms with Gasteiger partial charge in [-0.3, -0.25) is 0 Å². The Labute approximate surface area is 371 Å². The maximum atomic E-state index is 10.7. The van der Waals surface area contributed by atoms with Crippen LogP contribution in [0.5, 0.6) is 0 Å². The quantitative estimate of drug-likeness (QED) is 0.167. The highest BCUT2D eigenvalue weighted by Gasteiger charge is 2.51. The molecule has 0 atom stereocenters. The molecule has 0 saturated heterocycles. The number of hydrogen-bond acceptors (Lipinski definition) is 5. The maximum absolute atomic E-state index is 10.7. The molecule has 1 aliphatic heterocycles. The highest BCUT2D eigenvalue weighted by Crippen LogP contribution is 2.64. The third kappa shape index (κ3) is 5.89. The Kier molecular flexibility index (Phi) is 8.70. The van der Waals surface area contributed by atoms with Gasteiger partial charge in [-0.2, -0.15) is 5.26 Å². The molecule has 64 heavy (non-hydrogen) atoms. The second-order valence-corrected chi connectivity index (χ2v) is 16.3. The lowest BCUT2D eigenvalue weighted by Crippen LogP contribution is -2.36. The van der Waals surface area contributed by atoms with Gasteiger partial charge in [0.25, 0.3) is 0 Å². The SMILES string of the molecule is N#Cc1cc(-c2nc(-c3ccccc3)nc(-c3ccccc3)n2)cc(N2c3ccccc3C3(c4ccc(-c5ccccc5)cc4-c4cc(-c5ccccc5)ccc43)c3ccccc32)c1. The molecule has 10 aromatic rings. The zero-order chi connectivity index (χ0) is 42.6. The molecule has 2 heterocycles. The van der Waals surface area contributed by atoms with Gasteiger partial charge in [0, 0.05) is 22.4 Å². The predicted octanol–water partition coefficient (Wildman–Crippen LogP) is 14.2. The first-order chi connectivity index (χ1) is 31.7. The summed E-state index contributed by atoms with van der Waals surface area (Å²) in [6.07, 6.45) is 0. The van der Waals surface area contributed by atoms with E-state index in [2.05, 4.69) is 163 Å². The van der Waals surface area contributed by atoms with Crippen molar-refractivity contribution in [2.75, 3.05) is 4.90 Å². The van der Waals surface area contributed by atoms with E-state index < -0.39 is 5.41 Å². The zero-order valence-corrected chi connectivity index (χ0v) is 34.6. The van der Waals surface area contributed by atoms with Gasteiger partial charge in [0.15, 0.2) is 17.5 Å². The van der Waals surface area contributed by atoms with Crippen molar-refractivity contribution < 1.29 is 0 Å². The third-order valence-corrected chi connectivity index (χ3v) is 12.7. The van der Waals surface area contributed by atoms with Crippen LogP contribution in [0.4, 0.5) is 17.1 Å². The number of hydrogen-bond donors (Lipinski definition) is 0. The van der Waals surface area contributed by atoms with E-state index in [-0.39, 0.29) is 0 Å². The number of nitrogens with zero attached hydrogens (tertiary/aromatic N) is 5. The molecule has 9 aromatic carbocycles. The lowest BCUT2D eigenvalue weighted by molar-refractivity contribution is 0.753. The summed E-state index contributed by atoms with van der Waals surface area (Å²) in [5.74, 6) is 1.62. The monoisotopic (exact) mass is 815 g/mol. The van der Waals surface area contributed by atoms with Gasteiger partial charge in [0.05, 0.1) is 28.4 Å². The van der Waals surface area contributed by atoms with Crippen LogP contribution in [-0.4, -0.2) is 15.0 Å². The van der Waals surface area contributed by atoms with Crippen molar-refractivity contribution in [3.8, 4) is 73.6 Å². The minimum Gasteiger partial charge on any atom is -0.310 e. The fourth-order valence-electron chi connectivity index (χ4n) is 9.93. The van der Waals surface area contributed by atoms with Crippen LogP contribution < -0.4 is 4.90 Å². The van der Waals surface area contributed by atoms with Gasteiger partial charge in [-0.25, -0.2) is 15.0 Å². The molecular weight excluding hydrogens is 779 g/mol. The van der Waals surface area contributed by atoms with E-state index in [1.54, 1.807) is 0 Å². The van der Waals surface area contributed by atoms with Crippen LogP contribution >= 0.6 is 0 Å². The highest BCUT2D eigenvalue weighted by molar-refractivity contribution is 5.98. The molecule has 1 aliphatic carbocycles. The fraction of sp³-hybridized carbons (Fsp3) is 0.0169. The van der Waals surface area contributed by atoms with E-state index in [1.807, 2.05) is 72.8 Å². The summed E-state index contributed by atoms with van der Waals surface area (Å²) in [6.45, 7) is 0. The maximum Gasteiger partial charge on any atom is 0.164 e. The van der Waals surface area contributed by atoms with Crippen molar-refractivity contribution >= 4 is 17.1 Å². The molecule has 0 bridgehead atoms. The molecule has 12 rings (SSSR count). The second kappa shape index (κ2) is 15.0. The molecule has 5 nitrogen and oxygen atoms in total. The summed E-state index contributed by atoms with van der Waals surface area (Å²) in [5.41, 5.74) is 17.2. The molecule has 1 spiro atoms. The van der Waals surface area contributed by atoms with Gasteiger partial charge in [-0.15, -0.1) is 0 Å². The molecule has 0 fully saturated rings. The van der Waals surface area contributed by atoms with Crippen molar-refractivity contribution in [2.24, 2.45) is 0 Å². The van der Waals surface area contributed by atoms with Gasteiger partial charge in [0.2, 0.25) is 0 Å². The van der Waals surface area contributed by atoms with Crippen LogP contribution in [0.3, 0.4) is 0 Å². The Hall–Kier alpha value is -8.72. The number of fused-ring (bicyclic) bond motifs is 9. The van der Waals surface area contributed by atoms with E-state index in [0.717, 1.165) is 44.9 Å². The first-order valence-corrected chi connectivity index (χ1v) is 21.5. The van der Waals surface area contributed by atoms with Gasteiger partial charge in [-0.1, -0.05) is 182 Å². The van der Waals surface area contributed by atoms with Crippen LogP contribution in [-0.2, 0) is 5.41 Å². The minimum absolute atomic E-state index is 0.489. The number of rotatable bonds is 6. The Morgan fingerprint density at radius 1 is 0.344 bits per heavy atom. The molecule has 0 amide bonds. The van der Waals surface area contributed by atoms with Gasteiger partial charge in [0.1, 0.15) is 0 Å². The van der Waals surface area contributed by atoms with E-state index in [1.165, 1.54) is 44.5 Å². The van der Waals surface area contributed by atoms with Crippen LogP contribution in [0.1, 0.15) is 27.8 Å². The summed E-state index contributed by atoms with van der Waals surface area (Å²) >= 11 is 0. The number of benzene rings is 9. The van der Waals surface area contributed by atoms with E-state index in [0.29, 0.717) is 23.0 Å². The van der Waals surface area contributed by atoms with E-state index in [4.69, 9.17) is 15.0 Å². The zero-order valence-electron chi connectivity index (χ0n) is 34.6. The average molecular weight is 816 g/mol.